The van der Waals surface area contributed by atoms with Gasteiger partial charge in [-0.3, -0.25) is 0 Å². The van der Waals surface area contributed by atoms with Crippen molar-refractivity contribution in [3.05, 3.63) is 75.8 Å². The number of esters is 1. The molecule has 0 amide bonds. The predicted octanol–water partition coefficient (Wildman–Crippen LogP) is 5.97. The van der Waals surface area contributed by atoms with E-state index in [0.29, 0.717) is 28.3 Å². The first kappa shape index (κ1) is 18.9. The molecule has 1 heterocycles. The molecule has 7 heteroatoms. The van der Waals surface area contributed by atoms with E-state index in [4.69, 9.17) is 16.3 Å². The van der Waals surface area contributed by atoms with E-state index in [2.05, 4.69) is 5.32 Å². The van der Waals surface area contributed by atoms with Crippen LogP contribution in [0.4, 0.5) is 18.9 Å². The van der Waals surface area contributed by atoms with Crippen molar-refractivity contribution in [1.29, 1.82) is 0 Å². The van der Waals surface area contributed by atoms with Crippen molar-refractivity contribution in [3.8, 4) is 0 Å². The van der Waals surface area contributed by atoms with Crippen LogP contribution in [-0.4, -0.2) is 13.1 Å². The van der Waals surface area contributed by atoms with Crippen molar-refractivity contribution >= 4 is 23.3 Å². The Morgan fingerprint density at radius 3 is 2.68 bits per heavy atom. The number of ether oxygens (including phenoxy) is 1. The fourth-order valence-electron chi connectivity index (χ4n) is 4.30. The second-order valence-electron chi connectivity index (χ2n) is 6.94. The van der Waals surface area contributed by atoms with Gasteiger partial charge in [-0.05, 0) is 41.7 Å². The second-order valence-corrected chi connectivity index (χ2v) is 7.34. The van der Waals surface area contributed by atoms with Gasteiger partial charge in [-0.15, -0.1) is 0 Å². The molecule has 4 rings (SSSR count). The Kier molecular flexibility index (Phi) is 4.62. The number of hydrogen-bond donors (Lipinski definition) is 1. The van der Waals surface area contributed by atoms with Crippen LogP contribution in [0, 0.1) is 5.92 Å². The van der Waals surface area contributed by atoms with E-state index in [1.165, 1.54) is 19.2 Å². The summed E-state index contributed by atoms with van der Waals surface area (Å²) >= 11 is 6.37. The highest BCUT2D eigenvalue weighted by Gasteiger charge is 2.44. The molecule has 28 heavy (non-hydrogen) atoms. The molecule has 0 fully saturated rings. The molecule has 1 N–H and O–H groups in total. The van der Waals surface area contributed by atoms with Gasteiger partial charge in [0.15, 0.2) is 0 Å². The summed E-state index contributed by atoms with van der Waals surface area (Å²) < 4.78 is 45.7. The number of rotatable bonds is 2. The number of benzene rings is 2. The van der Waals surface area contributed by atoms with Crippen molar-refractivity contribution in [2.75, 3.05) is 12.4 Å². The predicted molar refractivity (Wildman–Crippen MR) is 101 cm³/mol. The van der Waals surface area contributed by atoms with Gasteiger partial charge >= 0.3 is 12.1 Å². The maximum absolute atomic E-state index is 13.6. The molecule has 0 radical (unpaired) electrons. The average Bonchev–Trinajstić information content (AvgIpc) is 3.16. The van der Waals surface area contributed by atoms with Crippen LogP contribution >= 0.6 is 11.6 Å². The summed E-state index contributed by atoms with van der Waals surface area (Å²) in [6.45, 7) is 0. The molecular weight excluding hydrogens is 391 g/mol. The number of fused-ring (bicyclic) bond motifs is 3. The van der Waals surface area contributed by atoms with Gasteiger partial charge in [-0.2, -0.15) is 13.2 Å². The topological polar surface area (TPSA) is 38.3 Å². The minimum Gasteiger partial charge on any atom is -0.465 e. The van der Waals surface area contributed by atoms with Crippen LogP contribution in [0.1, 0.15) is 45.4 Å². The zero-order valence-electron chi connectivity index (χ0n) is 14.9. The zero-order chi connectivity index (χ0) is 20.1. The van der Waals surface area contributed by atoms with Gasteiger partial charge in [0.25, 0.3) is 0 Å². The van der Waals surface area contributed by atoms with Gasteiger partial charge in [0.2, 0.25) is 0 Å². The second kappa shape index (κ2) is 6.85. The lowest BCUT2D eigenvalue weighted by Gasteiger charge is -2.39. The molecule has 0 aromatic heterocycles. The molecule has 0 saturated carbocycles. The third-order valence-electron chi connectivity index (χ3n) is 5.48. The molecule has 146 valence electrons. The van der Waals surface area contributed by atoms with Crippen LogP contribution < -0.4 is 5.32 Å². The molecule has 2 aromatic rings. The van der Waals surface area contributed by atoms with Gasteiger partial charge in [-0.25, -0.2) is 4.79 Å². The summed E-state index contributed by atoms with van der Waals surface area (Å²) in [6.07, 6.45) is 0.0203. The number of hydrogen-bond acceptors (Lipinski definition) is 3. The van der Waals surface area contributed by atoms with Crippen LogP contribution in [0.5, 0.6) is 0 Å². The summed E-state index contributed by atoms with van der Waals surface area (Å²) in [5.41, 5.74) is 1.05. The summed E-state index contributed by atoms with van der Waals surface area (Å²) in [5, 5.41) is 3.56. The molecule has 0 saturated heterocycles. The average molecular weight is 408 g/mol. The van der Waals surface area contributed by atoms with E-state index in [0.717, 1.165) is 6.07 Å². The van der Waals surface area contributed by atoms with E-state index in [1.807, 2.05) is 12.2 Å². The van der Waals surface area contributed by atoms with Crippen molar-refractivity contribution < 1.29 is 22.7 Å². The molecule has 0 bridgehead atoms. The summed E-state index contributed by atoms with van der Waals surface area (Å²) in [6, 6.07) is 8.15. The quantitative estimate of drug-likeness (QED) is 0.492. The van der Waals surface area contributed by atoms with Crippen molar-refractivity contribution in [2.24, 2.45) is 5.92 Å². The van der Waals surface area contributed by atoms with Gasteiger partial charge in [0, 0.05) is 5.92 Å². The largest absolute Gasteiger partial charge is 0.465 e. The van der Waals surface area contributed by atoms with Crippen LogP contribution in [0.3, 0.4) is 0 Å². The minimum atomic E-state index is -4.46. The molecule has 0 spiro atoms. The number of alkyl halides is 3. The first-order valence-electron chi connectivity index (χ1n) is 8.83. The maximum Gasteiger partial charge on any atom is 0.416 e. The van der Waals surface area contributed by atoms with E-state index in [1.54, 1.807) is 18.2 Å². The Hall–Kier alpha value is -2.47. The fraction of sp³-hybridized carbons (Fsp3) is 0.286. The Labute approximate surface area is 165 Å². The zero-order valence-corrected chi connectivity index (χ0v) is 15.6. The first-order chi connectivity index (χ1) is 13.3. The Bertz CT molecular complexity index is 971. The minimum absolute atomic E-state index is 0.169. The highest BCUT2D eigenvalue weighted by atomic mass is 35.5. The van der Waals surface area contributed by atoms with E-state index in [-0.39, 0.29) is 17.4 Å². The van der Waals surface area contributed by atoms with Crippen LogP contribution in [-0.2, 0) is 10.9 Å². The maximum atomic E-state index is 13.6. The number of carbonyl (C=O) groups excluding carboxylic acids is 1. The third-order valence-corrected chi connectivity index (χ3v) is 5.79. The number of allylic oxidation sites excluding steroid dienone is 2. The monoisotopic (exact) mass is 407 g/mol. The Balaban J connectivity index is 1.89. The van der Waals surface area contributed by atoms with E-state index >= 15 is 0 Å². The van der Waals surface area contributed by atoms with Crippen LogP contribution in [0.2, 0.25) is 5.02 Å². The van der Waals surface area contributed by atoms with Crippen LogP contribution in [0.25, 0.3) is 0 Å². The highest BCUT2D eigenvalue weighted by Crippen LogP contribution is 2.54. The fourth-order valence-corrected chi connectivity index (χ4v) is 4.52. The van der Waals surface area contributed by atoms with E-state index < -0.39 is 23.8 Å². The first-order valence-corrected chi connectivity index (χ1v) is 9.20. The number of carbonyl (C=O) groups is 1. The number of anilines is 1. The molecule has 1 aliphatic carbocycles. The highest BCUT2D eigenvalue weighted by molar-refractivity contribution is 6.33. The summed E-state index contributed by atoms with van der Waals surface area (Å²) in [4.78, 5) is 12.3. The smallest absolute Gasteiger partial charge is 0.416 e. The molecule has 3 atom stereocenters. The van der Waals surface area contributed by atoms with Gasteiger partial charge < -0.3 is 10.1 Å². The number of nitrogens with one attached hydrogen (secondary N) is 1. The lowest BCUT2D eigenvalue weighted by atomic mass is 9.74. The molecule has 1 aliphatic heterocycles. The lowest BCUT2D eigenvalue weighted by molar-refractivity contribution is -0.138. The number of halogens is 4. The molecule has 2 aromatic carbocycles. The SMILES string of the molecule is COC(=O)c1ccc(Cl)c2c1[C@@H]1C=CC[C@H]1[C@H](c1ccccc1C(F)(F)F)N2. The van der Waals surface area contributed by atoms with Gasteiger partial charge in [-0.1, -0.05) is 42.0 Å². The van der Waals surface area contributed by atoms with Crippen molar-refractivity contribution in [3.63, 3.8) is 0 Å². The standard InChI is InChI=1S/C21H17ClF3NO2/c1-28-20(27)14-9-10-16(22)19-17(14)11-6-4-7-12(11)18(26-19)13-5-2-3-8-15(13)21(23,24)25/h2-6,8-12,18,26H,7H2,1H3/t11-,12-,18-/m1/s1. The Morgan fingerprint density at radius 1 is 1.21 bits per heavy atom. The Morgan fingerprint density at radius 2 is 1.96 bits per heavy atom. The summed E-state index contributed by atoms with van der Waals surface area (Å²) in [7, 11) is 1.30. The van der Waals surface area contributed by atoms with Gasteiger partial charge in [0.05, 0.1) is 35.0 Å². The molecule has 2 aliphatic rings. The lowest BCUT2D eigenvalue weighted by Crippen LogP contribution is -2.32. The third kappa shape index (κ3) is 2.96. The van der Waals surface area contributed by atoms with Crippen LogP contribution in [0.15, 0.2) is 48.6 Å². The number of methoxy groups -OCH3 is 1. The van der Waals surface area contributed by atoms with E-state index in [9.17, 15) is 18.0 Å². The molecular formula is C21H17ClF3NO2. The molecule has 0 unspecified atom stereocenters. The molecule has 3 nitrogen and oxygen atoms in total. The summed E-state index contributed by atoms with van der Waals surface area (Å²) in [5.74, 6) is -0.892. The van der Waals surface area contributed by atoms with Crippen molar-refractivity contribution in [1.82, 2.24) is 0 Å². The normalized spacial score (nSPS) is 23.0. The van der Waals surface area contributed by atoms with Crippen molar-refractivity contribution in [2.45, 2.75) is 24.6 Å². The van der Waals surface area contributed by atoms with Gasteiger partial charge in [0.1, 0.15) is 0 Å².